The maximum atomic E-state index is 13.6. The number of aryl methyl sites for hydroxylation is 1. The van der Waals surface area contributed by atoms with Crippen LogP contribution in [0, 0.1) is 0 Å². The van der Waals surface area contributed by atoms with Crippen molar-refractivity contribution in [1.82, 2.24) is 0 Å². The minimum absolute atomic E-state index is 0.0770. The fourth-order valence-corrected chi connectivity index (χ4v) is 1.88. The fourth-order valence-electron chi connectivity index (χ4n) is 1.42. The second kappa shape index (κ2) is 7.07. The molecule has 1 unspecified atom stereocenters. The van der Waals surface area contributed by atoms with Gasteiger partial charge in [-0.3, -0.25) is 9.36 Å². The summed E-state index contributed by atoms with van der Waals surface area (Å²) in [6.07, 6.45) is -0.534. The van der Waals surface area contributed by atoms with Crippen molar-refractivity contribution >= 4 is 13.4 Å². The average molecular weight is 306 g/mol. The van der Waals surface area contributed by atoms with E-state index >= 15 is 0 Å². The number of Topliss-reactive ketones (excluding diaryl/α,β-unsaturated/α-hetero) is 1. The first-order valence-corrected chi connectivity index (χ1v) is 7.99. The summed E-state index contributed by atoms with van der Waals surface area (Å²) in [7, 11) is -2.30. The smallest absolute Gasteiger partial charge is 0.312 e. The largest absolute Gasteiger partial charge is 0.327 e. The molecule has 1 aromatic carbocycles. The number of carbonyl (C=O) groups is 1. The Morgan fingerprint density at radius 1 is 1.30 bits per heavy atom. The van der Waals surface area contributed by atoms with Gasteiger partial charge in [-0.25, -0.2) is 0 Å². The Labute approximate surface area is 116 Å². The molecule has 0 heterocycles. The maximum Gasteiger partial charge on any atom is 0.327 e. The molecular formula is C13H17F2O4P. The highest BCUT2D eigenvalue weighted by atomic mass is 31.2. The predicted molar refractivity (Wildman–Crippen MR) is 71.2 cm³/mol. The number of alkyl halides is 2. The average Bonchev–Trinajstić information content (AvgIpc) is 2.44. The lowest BCUT2D eigenvalue weighted by Crippen LogP contribution is -2.32. The van der Waals surface area contributed by atoms with Crippen LogP contribution in [0.25, 0.3) is 0 Å². The molecule has 0 radical (unpaired) electrons. The van der Waals surface area contributed by atoms with Crippen LogP contribution in [0.1, 0.15) is 12.0 Å². The summed E-state index contributed by atoms with van der Waals surface area (Å²) in [4.78, 5) is 11.4. The van der Waals surface area contributed by atoms with Crippen molar-refractivity contribution in [1.29, 1.82) is 0 Å². The van der Waals surface area contributed by atoms with E-state index in [4.69, 9.17) is 0 Å². The quantitative estimate of drug-likeness (QED) is 0.691. The van der Waals surface area contributed by atoms with Crippen LogP contribution in [0.4, 0.5) is 8.78 Å². The molecule has 0 bridgehead atoms. The van der Waals surface area contributed by atoms with E-state index < -0.39 is 32.3 Å². The standard InChI is InChI=1S/C13H17F2O4P/c1-18-20(2,17)19-10-12(16)13(14,15)9-8-11-6-4-3-5-7-11/h3-7H,8-10H2,1-2H3. The van der Waals surface area contributed by atoms with E-state index in [-0.39, 0.29) is 6.42 Å². The highest BCUT2D eigenvalue weighted by molar-refractivity contribution is 7.52. The summed E-state index contributed by atoms with van der Waals surface area (Å²) in [6.45, 7) is 0.186. The summed E-state index contributed by atoms with van der Waals surface area (Å²) in [5.74, 6) is -4.91. The number of hydrogen-bond donors (Lipinski definition) is 0. The Balaban J connectivity index is 2.51. The first kappa shape index (κ1) is 17.0. The van der Waals surface area contributed by atoms with E-state index in [0.29, 0.717) is 0 Å². The molecule has 0 saturated heterocycles. The second-order valence-electron chi connectivity index (χ2n) is 4.34. The lowest BCUT2D eigenvalue weighted by atomic mass is 10.0. The molecule has 20 heavy (non-hydrogen) atoms. The summed E-state index contributed by atoms with van der Waals surface area (Å²) in [6, 6.07) is 8.68. The van der Waals surface area contributed by atoms with Crippen LogP contribution in [0.2, 0.25) is 0 Å². The second-order valence-corrected chi connectivity index (χ2v) is 6.51. The highest BCUT2D eigenvalue weighted by Gasteiger charge is 2.38. The van der Waals surface area contributed by atoms with Crippen LogP contribution in [0.15, 0.2) is 30.3 Å². The number of halogens is 2. The van der Waals surface area contributed by atoms with Gasteiger partial charge in [0.1, 0.15) is 6.61 Å². The summed E-state index contributed by atoms with van der Waals surface area (Å²) >= 11 is 0. The Hall–Kier alpha value is -1.10. The van der Waals surface area contributed by atoms with Gasteiger partial charge in [-0.05, 0) is 12.0 Å². The molecule has 0 N–H and O–H groups in total. The number of hydrogen-bond acceptors (Lipinski definition) is 4. The monoisotopic (exact) mass is 306 g/mol. The highest BCUT2D eigenvalue weighted by Crippen LogP contribution is 2.42. The molecule has 0 aromatic heterocycles. The van der Waals surface area contributed by atoms with Crippen molar-refractivity contribution in [3.63, 3.8) is 0 Å². The molecule has 0 saturated carbocycles. The van der Waals surface area contributed by atoms with Crippen molar-refractivity contribution in [3.05, 3.63) is 35.9 Å². The summed E-state index contributed by atoms with van der Waals surface area (Å²) in [5.41, 5.74) is 0.721. The minimum Gasteiger partial charge on any atom is -0.312 e. The van der Waals surface area contributed by atoms with Crippen molar-refractivity contribution in [2.45, 2.75) is 18.8 Å². The van der Waals surface area contributed by atoms with Gasteiger partial charge >= 0.3 is 13.5 Å². The molecule has 1 rings (SSSR count). The molecule has 112 valence electrons. The summed E-state index contributed by atoms with van der Waals surface area (Å²) < 4.78 is 47.6. The van der Waals surface area contributed by atoms with E-state index in [9.17, 15) is 18.1 Å². The molecule has 0 fully saturated rings. The Kier molecular flexibility index (Phi) is 5.99. The molecule has 7 heteroatoms. The predicted octanol–water partition coefficient (Wildman–Crippen LogP) is 3.31. The zero-order valence-electron chi connectivity index (χ0n) is 11.3. The van der Waals surface area contributed by atoms with Gasteiger partial charge in [-0.1, -0.05) is 30.3 Å². The SMILES string of the molecule is COP(C)(=O)OCC(=O)C(F)(F)CCc1ccccc1. The Morgan fingerprint density at radius 3 is 2.45 bits per heavy atom. The lowest BCUT2D eigenvalue weighted by Gasteiger charge is -2.16. The van der Waals surface area contributed by atoms with Crippen molar-refractivity contribution in [2.75, 3.05) is 20.4 Å². The van der Waals surface area contributed by atoms with Gasteiger partial charge in [0.25, 0.3) is 0 Å². The molecule has 1 atom stereocenters. The molecule has 1 aromatic rings. The Bertz CT molecular complexity index is 490. The molecular weight excluding hydrogens is 289 g/mol. The molecule has 4 nitrogen and oxygen atoms in total. The van der Waals surface area contributed by atoms with Gasteiger partial charge in [-0.2, -0.15) is 8.78 Å². The summed E-state index contributed by atoms with van der Waals surface area (Å²) in [5, 5.41) is 0. The number of rotatable bonds is 8. The van der Waals surface area contributed by atoms with E-state index in [2.05, 4.69) is 9.05 Å². The topological polar surface area (TPSA) is 52.6 Å². The van der Waals surface area contributed by atoms with E-state index in [1.807, 2.05) is 0 Å². The van der Waals surface area contributed by atoms with Crippen molar-refractivity contribution < 1.29 is 27.2 Å². The van der Waals surface area contributed by atoms with E-state index in [0.717, 1.165) is 19.3 Å². The van der Waals surface area contributed by atoms with Crippen LogP contribution in [0.3, 0.4) is 0 Å². The number of ketones is 1. The van der Waals surface area contributed by atoms with Crippen LogP contribution >= 0.6 is 7.60 Å². The first-order valence-electron chi connectivity index (χ1n) is 6.00. The van der Waals surface area contributed by atoms with E-state index in [1.54, 1.807) is 30.3 Å². The van der Waals surface area contributed by atoms with Crippen LogP contribution in [-0.2, 0) is 24.8 Å². The third-order valence-corrected chi connectivity index (χ3v) is 4.00. The number of carbonyl (C=O) groups excluding carboxylic acids is 1. The van der Waals surface area contributed by atoms with Gasteiger partial charge in [0.15, 0.2) is 0 Å². The zero-order valence-corrected chi connectivity index (χ0v) is 12.2. The van der Waals surface area contributed by atoms with Gasteiger partial charge in [0.2, 0.25) is 5.78 Å². The van der Waals surface area contributed by atoms with Crippen molar-refractivity contribution in [2.24, 2.45) is 0 Å². The first-order chi connectivity index (χ1) is 9.27. The van der Waals surface area contributed by atoms with Gasteiger partial charge in [0.05, 0.1) is 0 Å². The zero-order chi connectivity index (χ0) is 15.2. The van der Waals surface area contributed by atoms with Crippen LogP contribution < -0.4 is 0 Å². The molecule has 0 aliphatic heterocycles. The fraction of sp³-hybridized carbons (Fsp3) is 0.462. The molecule has 0 aliphatic rings. The van der Waals surface area contributed by atoms with Gasteiger partial charge < -0.3 is 9.05 Å². The van der Waals surface area contributed by atoms with Gasteiger partial charge in [0, 0.05) is 20.2 Å². The Morgan fingerprint density at radius 2 is 1.90 bits per heavy atom. The van der Waals surface area contributed by atoms with Crippen molar-refractivity contribution in [3.8, 4) is 0 Å². The van der Waals surface area contributed by atoms with Crippen LogP contribution in [-0.4, -0.2) is 32.1 Å². The third kappa shape index (κ3) is 5.49. The molecule has 0 aliphatic carbocycles. The normalized spacial score (nSPS) is 14.8. The third-order valence-electron chi connectivity index (χ3n) is 2.74. The molecule has 0 spiro atoms. The lowest BCUT2D eigenvalue weighted by molar-refractivity contribution is -0.146. The van der Waals surface area contributed by atoms with E-state index in [1.165, 1.54) is 0 Å². The number of benzene rings is 1. The minimum atomic E-state index is -3.51. The van der Waals surface area contributed by atoms with Gasteiger partial charge in [-0.15, -0.1) is 0 Å². The molecule has 0 amide bonds. The maximum absolute atomic E-state index is 13.6. The van der Waals surface area contributed by atoms with Crippen LogP contribution in [0.5, 0.6) is 0 Å².